The second-order valence-electron chi connectivity index (χ2n) is 13.3. The van der Waals surface area contributed by atoms with E-state index in [4.69, 9.17) is 19.7 Å². The number of aromatic nitrogens is 4. The fourth-order valence-electron chi connectivity index (χ4n) is 7.05. The number of para-hydroxylation sites is 1. The van der Waals surface area contributed by atoms with Crippen LogP contribution < -0.4 is 14.5 Å². The third-order valence-electron chi connectivity index (χ3n) is 9.83. The van der Waals surface area contributed by atoms with Gasteiger partial charge in [0, 0.05) is 30.4 Å². The zero-order valence-corrected chi connectivity index (χ0v) is 29.9. The predicted molar refractivity (Wildman–Crippen MR) is 197 cm³/mol. The molecule has 9 nitrogen and oxygen atoms in total. The fourth-order valence-corrected chi connectivity index (χ4v) is 9.13. The van der Waals surface area contributed by atoms with Crippen LogP contribution in [0.5, 0.6) is 6.01 Å². The van der Waals surface area contributed by atoms with E-state index >= 15 is 0 Å². The van der Waals surface area contributed by atoms with Gasteiger partial charge >= 0.3 is 6.01 Å². The summed E-state index contributed by atoms with van der Waals surface area (Å²) < 4.78 is 35.2. The molecule has 2 saturated carbocycles. The molecule has 7 rings (SSSR count). The molecule has 49 heavy (non-hydrogen) atoms. The minimum Gasteiger partial charge on any atom is -0.461 e. The van der Waals surface area contributed by atoms with Gasteiger partial charge in [-0.1, -0.05) is 68.4 Å². The first kappa shape index (κ1) is 33.4. The van der Waals surface area contributed by atoms with E-state index in [2.05, 4.69) is 45.1 Å². The monoisotopic (exact) mass is 696 g/mol. The van der Waals surface area contributed by atoms with Crippen molar-refractivity contribution in [1.29, 1.82) is 0 Å². The van der Waals surface area contributed by atoms with Gasteiger partial charge in [-0.2, -0.15) is 15.0 Å². The average molecular weight is 697 g/mol. The SMILES string of the molecule is Cc1ccc(S(=O)(=O)c2nc(OCCN(C)c3ccc(-c4nc5ccccc5s4)cc3)nc(N(C3CCCCC3)C3CCCCC3)n2)cc1. The number of likely N-dealkylation sites (N-methyl/N-ethyl adjacent to an activating group) is 1. The Morgan fingerprint density at radius 2 is 1.43 bits per heavy atom. The van der Waals surface area contributed by atoms with Crippen molar-refractivity contribution in [3.63, 3.8) is 0 Å². The first-order chi connectivity index (χ1) is 23.8. The number of rotatable bonds is 11. The van der Waals surface area contributed by atoms with Gasteiger partial charge in [0.1, 0.15) is 11.6 Å². The van der Waals surface area contributed by atoms with E-state index in [0.717, 1.165) is 78.7 Å². The van der Waals surface area contributed by atoms with Crippen molar-refractivity contribution in [3.05, 3.63) is 78.4 Å². The van der Waals surface area contributed by atoms with E-state index in [-0.39, 0.29) is 34.8 Å². The molecule has 2 aliphatic carbocycles. The number of benzene rings is 3. The van der Waals surface area contributed by atoms with Gasteiger partial charge in [-0.25, -0.2) is 13.4 Å². The third kappa shape index (κ3) is 7.57. The van der Waals surface area contributed by atoms with Gasteiger partial charge in [0.05, 0.1) is 21.7 Å². The summed E-state index contributed by atoms with van der Waals surface area (Å²) in [4.78, 5) is 23.4. The van der Waals surface area contributed by atoms with Crippen LogP contribution in [0.3, 0.4) is 0 Å². The van der Waals surface area contributed by atoms with E-state index in [1.165, 1.54) is 17.5 Å². The highest BCUT2D eigenvalue weighted by Gasteiger charge is 2.33. The average Bonchev–Trinajstić information content (AvgIpc) is 3.57. The maximum absolute atomic E-state index is 13.9. The highest BCUT2D eigenvalue weighted by atomic mass is 32.2. The van der Waals surface area contributed by atoms with Crippen molar-refractivity contribution < 1.29 is 13.2 Å². The van der Waals surface area contributed by atoms with Gasteiger partial charge in [0.2, 0.25) is 15.8 Å². The highest BCUT2D eigenvalue weighted by molar-refractivity contribution is 7.91. The summed E-state index contributed by atoms with van der Waals surface area (Å²) in [6.45, 7) is 2.76. The molecule has 0 aliphatic heterocycles. The van der Waals surface area contributed by atoms with Gasteiger partial charge in [-0.05, 0) is 81.1 Å². The van der Waals surface area contributed by atoms with Crippen LogP contribution >= 0.6 is 11.3 Å². The number of anilines is 2. The van der Waals surface area contributed by atoms with E-state index in [9.17, 15) is 8.42 Å². The first-order valence-electron chi connectivity index (χ1n) is 17.5. The zero-order chi connectivity index (χ0) is 33.8. The van der Waals surface area contributed by atoms with Crippen molar-refractivity contribution in [2.75, 3.05) is 30.0 Å². The zero-order valence-electron chi connectivity index (χ0n) is 28.3. The molecule has 5 aromatic rings. The number of aryl methyl sites for hydroxylation is 1. The minimum absolute atomic E-state index is 0.0480. The van der Waals surface area contributed by atoms with E-state index in [1.54, 1.807) is 35.6 Å². The molecule has 0 amide bonds. The van der Waals surface area contributed by atoms with Crippen molar-refractivity contribution in [2.45, 2.75) is 93.3 Å². The largest absolute Gasteiger partial charge is 0.461 e. The van der Waals surface area contributed by atoms with Crippen LogP contribution in [0.1, 0.15) is 69.8 Å². The van der Waals surface area contributed by atoms with Gasteiger partial charge in [-0.15, -0.1) is 11.3 Å². The number of sulfone groups is 1. The third-order valence-corrected chi connectivity index (χ3v) is 12.5. The second-order valence-corrected chi connectivity index (χ2v) is 16.2. The Balaban J connectivity index is 1.13. The summed E-state index contributed by atoms with van der Waals surface area (Å²) in [7, 11) is -1.99. The van der Waals surface area contributed by atoms with Gasteiger partial charge < -0.3 is 14.5 Å². The normalized spacial score (nSPS) is 16.1. The summed E-state index contributed by atoms with van der Waals surface area (Å²) >= 11 is 1.69. The van der Waals surface area contributed by atoms with Crippen LogP contribution in [0, 0.1) is 6.92 Å². The summed E-state index contributed by atoms with van der Waals surface area (Å²) in [6, 6.07) is 24.0. The van der Waals surface area contributed by atoms with Gasteiger partial charge in [0.25, 0.3) is 5.16 Å². The summed E-state index contributed by atoms with van der Waals surface area (Å²) in [5.74, 6) is 0.424. The van der Waals surface area contributed by atoms with Gasteiger partial charge in [0.15, 0.2) is 0 Å². The lowest BCUT2D eigenvalue weighted by molar-refractivity contribution is 0.291. The molecule has 256 valence electrons. The van der Waals surface area contributed by atoms with E-state index in [1.807, 2.05) is 32.2 Å². The van der Waals surface area contributed by atoms with Crippen molar-refractivity contribution in [3.8, 4) is 16.6 Å². The molecule has 2 fully saturated rings. The molecule has 0 spiro atoms. The number of nitrogens with zero attached hydrogens (tertiary/aromatic N) is 6. The smallest absolute Gasteiger partial charge is 0.322 e. The highest BCUT2D eigenvalue weighted by Crippen LogP contribution is 2.35. The number of ether oxygens (including phenoxy) is 1. The van der Waals surface area contributed by atoms with Crippen LogP contribution in [0.4, 0.5) is 11.6 Å². The van der Waals surface area contributed by atoms with Gasteiger partial charge in [-0.3, -0.25) is 0 Å². The molecule has 0 saturated heterocycles. The Hall–Kier alpha value is -4.09. The van der Waals surface area contributed by atoms with Crippen molar-refractivity contribution in [1.82, 2.24) is 19.9 Å². The molecular weight excluding hydrogens is 653 g/mol. The van der Waals surface area contributed by atoms with Crippen molar-refractivity contribution in [2.24, 2.45) is 0 Å². The van der Waals surface area contributed by atoms with Crippen molar-refractivity contribution >= 4 is 43.0 Å². The number of fused-ring (bicyclic) bond motifs is 1. The van der Waals surface area contributed by atoms with Crippen LogP contribution in [0.25, 0.3) is 20.8 Å². The lowest BCUT2D eigenvalue weighted by Crippen LogP contribution is -2.46. The van der Waals surface area contributed by atoms with Crippen LogP contribution in [0.2, 0.25) is 0 Å². The number of hydrogen-bond donors (Lipinski definition) is 0. The summed E-state index contributed by atoms with van der Waals surface area (Å²) in [5.41, 5.74) is 4.11. The molecule has 0 N–H and O–H groups in total. The van der Waals surface area contributed by atoms with E-state index < -0.39 is 9.84 Å². The molecule has 0 atom stereocenters. The Kier molecular flexibility index (Phi) is 10.1. The Labute approximate surface area is 293 Å². The van der Waals surface area contributed by atoms with Crippen LogP contribution in [-0.2, 0) is 9.84 Å². The van der Waals surface area contributed by atoms with Crippen LogP contribution in [0.15, 0.2) is 82.8 Å². The molecule has 2 aliphatic rings. The molecule has 3 aromatic carbocycles. The Morgan fingerprint density at radius 3 is 2.08 bits per heavy atom. The molecule has 11 heteroatoms. The molecule has 2 heterocycles. The first-order valence-corrected chi connectivity index (χ1v) is 19.8. The number of thiazole rings is 1. The molecule has 0 radical (unpaired) electrons. The Bertz CT molecular complexity index is 1920. The molecule has 0 bridgehead atoms. The fraction of sp³-hybridized carbons (Fsp3) is 0.421. The summed E-state index contributed by atoms with van der Waals surface area (Å²) in [5, 5.41) is 0.739. The standard InChI is InChI=1S/C38H44N6O3S2/c1-27-17-23-32(24-18-27)49(45,46)38-41-36(44(30-11-5-3-6-12-30)31-13-7-4-8-14-31)40-37(42-38)47-26-25-43(2)29-21-19-28(20-22-29)35-39-33-15-9-10-16-34(33)48-35/h9-10,15-24,30-31H,3-8,11-14,25-26H2,1-2H3. The predicted octanol–water partition coefficient (Wildman–Crippen LogP) is 8.28. The second kappa shape index (κ2) is 14.8. The maximum Gasteiger partial charge on any atom is 0.322 e. The Morgan fingerprint density at radius 1 is 0.776 bits per heavy atom. The van der Waals surface area contributed by atoms with Crippen LogP contribution in [-0.4, -0.2) is 60.6 Å². The lowest BCUT2D eigenvalue weighted by Gasteiger charge is -2.41. The molecule has 2 aromatic heterocycles. The lowest BCUT2D eigenvalue weighted by atomic mass is 9.89. The minimum atomic E-state index is -4.00. The maximum atomic E-state index is 13.9. The van der Waals surface area contributed by atoms with E-state index in [0.29, 0.717) is 12.5 Å². The molecule has 0 unspecified atom stereocenters. The topological polar surface area (TPSA) is 101 Å². The number of hydrogen-bond acceptors (Lipinski definition) is 10. The molecular formula is C38H44N6O3S2. The summed E-state index contributed by atoms with van der Waals surface area (Å²) in [6.07, 6.45) is 11.3. The quantitative estimate of drug-likeness (QED) is 0.135.